The Kier molecular flexibility index (Phi) is 7.49. The summed E-state index contributed by atoms with van der Waals surface area (Å²) < 4.78 is 51.5. The number of anilines is 2. The SMILES string of the molecule is CN(c1cccc(NC(=O)C2CCN(S(=O)(=O)Cc3ccc(Cl)cc3)CC2)c1)S(C)(=O)=O. The van der Waals surface area contributed by atoms with Crippen molar-refractivity contribution >= 4 is 48.9 Å². The molecule has 8 nitrogen and oxygen atoms in total. The second kappa shape index (κ2) is 9.78. The van der Waals surface area contributed by atoms with Crippen LogP contribution in [0.4, 0.5) is 11.4 Å². The molecule has 3 rings (SSSR count). The summed E-state index contributed by atoms with van der Waals surface area (Å²) in [6.45, 7) is 0.537. The number of hydrogen-bond acceptors (Lipinski definition) is 5. The average Bonchev–Trinajstić information content (AvgIpc) is 2.74. The van der Waals surface area contributed by atoms with E-state index in [9.17, 15) is 21.6 Å². The number of amides is 1. The molecule has 0 aromatic heterocycles. The van der Waals surface area contributed by atoms with Crippen LogP contribution in [0.5, 0.6) is 0 Å². The number of sulfonamides is 2. The fourth-order valence-electron chi connectivity index (χ4n) is 3.49. The molecule has 1 N–H and O–H groups in total. The van der Waals surface area contributed by atoms with Crippen LogP contribution in [0.25, 0.3) is 0 Å². The summed E-state index contributed by atoms with van der Waals surface area (Å²) >= 11 is 5.85. The maximum atomic E-state index is 12.7. The highest BCUT2D eigenvalue weighted by Crippen LogP contribution is 2.25. The van der Waals surface area contributed by atoms with Crippen LogP contribution in [0.15, 0.2) is 48.5 Å². The first-order valence-corrected chi connectivity index (χ1v) is 13.9. The summed E-state index contributed by atoms with van der Waals surface area (Å²) in [5.41, 5.74) is 1.59. The number of halogens is 1. The summed E-state index contributed by atoms with van der Waals surface area (Å²) in [6.07, 6.45) is 1.93. The number of nitrogens with zero attached hydrogens (tertiary/aromatic N) is 2. The molecule has 1 saturated heterocycles. The summed E-state index contributed by atoms with van der Waals surface area (Å²) in [7, 11) is -5.46. The van der Waals surface area contributed by atoms with E-state index in [1.165, 1.54) is 11.4 Å². The Bertz CT molecular complexity index is 1180. The van der Waals surface area contributed by atoms with E-state index in [0.29, 0.717) is 34.8 Å². The van der Waals surface area contributed by atoms with Gasteiger partial charge in [-0.1, -0.05) is 29.8 Å². The summed E-state index contributed by atoms with van der Waals surface area (Å²) in [5.74, 6) is -0.644. The standard InChI is InChI=1S/C21H26ClN3O5S2/c1-24(31(2,27)28)20-5-3-4-19(14-20)23-21(26)17-10-12-25(13-11-17)32(29,30)15-16-6-8-18(22)9-7-16/h3-9,14,17H,10-13,15H2,1-2H3,(H,23,26). The molecule has 174 valence electrons. The normalized spacial score (nSPS) is 16.0. The van der Waals surface area contributed by atoms with Gasteiger partial charge in [0.1, 0.15) is 0 Å². The molecule has 0 unspecified atom stereocenters. The van der Waals surface area contributed by atoms with Gasteiger partial charge in [-0.2, -0.15) is 0 Å². The molecule has 0 spiro atoms. The van der Waals surface area contributed by atoms with Crippen molar-refractivity contribution in [2.45, 2.75) is 18.6 Å². The lowest BCUT2D eigenvalue weighted by Gasteiger charge is -2.30. The quantitative estimate of drug-likeness (QED) is 0.630. The molecule has 1 fully saturated rings. The minimum atomic E-state index is -3.49. The zero-order valence-corrected chi connectivity index (χ0v) is 20.3. The Labute approximate surface area is 194 Å². The molecule has 0 aliphatic carbocycles. The first-order valence-electron chi connectivity index (χ1n) is 10.0. The molecular weight excluding hydrogens is 474 g/mol. The zero-order valence-electron chi connectivity index (χ0n) is 17.9. The van der Waals surface area contributed by atoms with Crippen molar-refractivity contribution < 1.29 is 21.6 Å². The van der Waals surface area contributed by atoms with Crippen LogP contribution in [0.2, 0.25) is 5.02 Å². The van der Waals surface area contributed by atoms with E-state index >= 15 is 0 Å². The van der Waals surface area contributed by atoms with Crippen molar-refractivity contribution in [2.24, 2.45) is 5.92 Å². The Hall–Kier alpha value is -2.14. The molecule has 2 aromatic rings. The minimum absolute atomic E-state index is 0.109. The molecule has 0 saturated carbocycles. The van der Waals surface area contributed by atoms with E-state index in [0.717, 1.165) is 10.6 Å². The van der Waals surface area contributed by atoms with Crippen molar-refractivity contribution in [1.82, 2.24) is 4.31 Å². The maximum Gasteiger partial charge on any atom is 0.231 e. The van der Waals surface area contributed by atoms with Gasteiger partial charge >= 0.3 is 0 Å². The molecule has 1 aliphatic rings. The van der Waals surface area contributed by atoms with Gasteiger partial charge < -0.3 is 5.32 Å². The van der Waals surface area contributed by atoms with Crippen LogP contribution < -0.4 is 9.62 Å². The van der Waals surface area contributed by atoms with Crippen molar-refractivity contribution in [3.63, 3.8) is 0 Å². The van der Waals surface area contributed by atoms with Gasteiger partial charge in [0.2, 0.25) is 26.0 Å². The smallest absolute Gasteiger partial charge is 0.231 e. The van der Waals surface area contributed by atoms with Crippen LogP contribution >= 0.6 is 11.6 Å². The van der Waals surface area contributed by atoms with Gasteiger partial charge in [-0.25, -0.2) is 21.1 Å². The summed E-state index contributed by atoms with van der Waals surface area (Å²) in [5, 5.41) is 3.36. The molecule has 0 radical (unpaired) electrons. The Morgan fingerprint density at radius 2 is 1.72 bits per heavy atom. The van der Waals surface area contributed by atoms with Gasteiger partial charge in [-0.3, -0.25) is 9.10 Å². The molecule has 0 bridgehead atoms. The van der Waals surface area contributed by atoms with Crippen molar-refractivity contribution in [1.29, 1.82) is 0 Å². The molecular formula is C21H26ClN3O5S2. The Morgan fingerprint density at radius 3 is 2.31 bits per heavy atom. The fraction of sp³-hybridized carbons (Fsp3) is 0.381. The van der Waals surface area contributed by atoms with Gasteiger partial charge in [-0.05, 0) is 48.7 Å². The molecule has 1 amide bonds. The number of carbonyl (C=O) groups is 1. The maximum absolute atomic E-state index is 12.7. The monoisotopic (exact) mass is 499 g/mol. The molecule has 11 heteroatoms. The Morgan fingerprint density at radius 1 is 1.09 bits per heavy atom. The molecule has 1 aliphatic heterocycles. The van der Waals surface area contributed by atoms with E-state index < -0.39 is 20.0 Å². The van der Waals surface area contributed by atoms with E-state index in [4.69, 9.17) is 11.6 Å². The number of hydrogen-bond donors (Lipinski definition) is 1. The van der Waals surface area contributed by atoms with Gasteiger partial charge in [0.05, 0.1) is 17.7 Å². The highest BCUT2D eigenvalue weighted by Gasteiger charge is 2.31. The highest BCUT2D eigenvalue weighted by atomic mass is 35.5. The fourth-order valence-corrected chi connectivity index (χ4v) is 5.68. The van der Waals surface area contributed by atoms with Crippen LogP contribution in [0.3, 0.4) is 0 Å². The van der Waals surface area contributed by atoms with Crippen molar-refractivity contribution in [3.05, 3.63) is 59.1 Å². The zero-order chi connectivity index (χ0) is 23.5. The number of piperidine rings is 1. The predicted molar refractivity (Wildman–Crippen MR) is 127 cm³/mol. The number of benzene rings is 2. The predicted octanol–water partition coefficient (Wildman–Crippen LogP) is 2.92. The van der Waals surface area contributed by atoms with Gasteiger partial charge in [-0.15, -0.1) is 0 Å². The highest BCUT2D eigenvalue weighted by molar-refractivity contribution is 7.92. The van der Waals surface area contributed by atoms with Crippen LogP contribution in [0, 0.1) is 5.92 Å². The number of carbonyl (C=O) groups excluding carboxylic acids is 1. The van der Waals surface area contributed by atoms with E-state index in [1.807, 2.05) is 0 Å². The number of nitrogens with one attached hydrogen (secondary N) is 1. The Balaban J connectivity index is 1.58. The van der Waals surface area contributed by atoms with Crippen molar-refractivity contribution in [2.75, 3.05) is 36.0 Å². The third-order valence-electron chi connectivity index (χ3n) is 5.46. The lowest BCUT2D eigenvalue weighted by Crippen LogP contribution is -2.41. The molecule has 1 heterocycles. The third-order valence-corrected chi connectivity index (χ3v) is 8.76. The van der Waals surface area contributed by atoms with Crippen LogP contribution in [0.1, 0.15) is 18.4 Å². The first kappa shape index (κ1) is 24.5. The van der Waals surface area contributed by atoms with E-state index in [-0.39, 0.29) is 30.7 Å². The van der Waals surface area contributed by atoms with Gasteiger partial charge in [0.15, 0.2) is 0 Å². The van der Waals surface area contributed by atoms with E-state index in [1.54, 1.807) is 48.5 Å². The lowest BCUT2D eigenvalue weighted by atomic mass is 9.97. The van der Waals surface area contributed by atoms with Crippen molar-refractivity contribution in [3.8, 4) is 0 Å². The van der Waals surface area contributed by atoms with Crippen LogP contribution in [-0.4, -0.2) is 53.4 Å². The second-order valence-corrected chi connectivity index (χ2v) is 12.2. The lowest BCUT2D eigenvalue weighted by molar-refractivity contribution is -0.120. The topological polar surface area (TPSA) is 104 Å². The second-order valence-electron chi connectivity index (χ2n) is 7.83. The van der Waals surface area contributed by atoms with Gasteiger partial charge in [0, 0.05) is 36.8 Å². The average molecular weight is 500 g/mol. The molecule has 0 atom stereocenters. The first-order chi connectivity index (χ1) is 15.0. The minimum Gasteiger partial charge on any atom is -0.326 e. The molecule has 32 heavy (non-hydrogen) atoms. The van der Waals surface area contributed by atoms with E-state index in [2.05, 4.69) is 5.32 Å². The summed E-state index contributed by atoms with van der Waals surface area (Å²) in [6, 6.07) is 13.3. The van der Waals surface area contributed by atoms with Crippen LogP contribution in [-0.2, 0) is 30.6 Å². The molecule has 2 aromatic carbocycles. The third kappa shape index (κ3) is 6.22. The summed E-state index contributed by atoms with van der Waals surface area (Å²) in [4.78, 5) is 12.7. The largest absolute Gasteiger partial charge is 0.326 e. The van der Waals surface area contributed by atoms with Gasteiger partial charge in [0.25, 0.3) is 0 Å². The number of rotatable bonds is 7.